The third kappa shape index (κ3) is 6.97. The summed E-state index contributed by atoms with van der Waals surface area (Å²) in [6.07, 6.45) is 1.28. The van der Waals surface area contributed by atoms with E-state index < -0.39 is 18.6 Å². The molecule has 0 aliphatic carbocycles. The van der Waals surface area contributed by atoms with Gasteiger partial charge in [-0.2, -0.15) is 0 Å². The summed E-state index contributed by atoms with van der Waals surface area (Å²) in [5, 5.41) is 2.95. The van der Waals surface area contributed by atoms with Gasteiger partial charge in [0.1, 0.15) is 5.58 Å². The standard InChI is InChI=1S/C26H24NOS.C14H14N.Ir/c1-15-14-27-22(12-17(15)13-26(3,4)5)20-8-6-7-18-19-9-10-23-21(11-16(2)29-23)25(19)28-24(18)20;1-10-4-6-13(7-5-10)14-8-11(2)12(3)9-15-14;/h6-7,9-12,14H,13H2,1-5H3;4-6,8-9H,1-3H3;/q2*-1;/i1D3,13D2;;. The molecule has 0 aliphatic rings. The van der Waals surface area contributed by atoms with Crippen molar-refractivity contribution >= 4 is 43.4 Å². The molecule has 0 amide bonds. The van der Waals surface area contributed by atoms with Crippen LogP contribution in [0.5, 0.6) is 0 Å². The van der Waals surface area contributed by atoms with Crippen molar-refractivity contribution in [2.24, 2.45) is 5.41 Å². The molecule has 1 radical (unpaired) electrons. The molecule has 0 aliphatic heterocycles. The van der Waals surface area contributed by atoms with E-state index in [2.05, 4.69) is 86.2 Å². The van der Waals surface area contributed by atoms with Crippen LogP contribution in [-0.4, -0.2) is 9.97 Å². The number of nitrogens with zero attached hydrogens (tertiary/aromatic N) is 2. The second-order valence-corrected chi connectivity index (χ2v) is 13.6. The van der Waals surface area contributed by atoms with Gasteiger partial charge in [-0.25, -0.2) is 0 Å². The van der Waals surface area contributed by atoms with E-state index in [4.69, 9.17) is 11.3 Å². The summed E-state index contributed by atoms with van der Waals surface area (Å²) < 4.78 is 49.0. The van der Waals surface area contributed by atoms with E-state index in [-0.39, 0.29) is 31.2 Å². The average molecular weight is 792 g/mol. The molecule has 0 bridgehead atoms. The zero-order chi connectivity index (χ0) is 35.5. The molecule has 0 atom stereocenters. The Bertz CT molecular complexity index is 2330. The first kappa shape index (κ1) is 26.6. The Hall–Kier alpha value is -3.63. The summed E-state index contributed by atoms with van der Waals surface area (Å²) in [6, 6.07) is 26.3. The number of hydrogen-bond donors (Lipinski definition) is 0. The number of benzene rings is 3. The Kier molecular flexibility index (Phi) is 7.68. The minimum absolute atomic E-state index is 0. The molecule has 0 saturated carbocycles. The van der Waals surface area contributed by atoms with Gasteiger partial charge in [0.05, 0.1) is 5.58 Å². The molecule has 3 nitrogen and oxygen atoms in total. The number of pyridine rings is 2. The maximum absolute atomic E-state index is 8.80. The van der Waals surface area contributed by atoms with Crippen molar-refractivity contribution in [2.45, 2.75) is 61.7 Å². The van der Waals surface area contributed by atoms with Crippen molar-refractivity contribution in [1.29, 1.82) is 0 Å². The van der Waals surface area contributed by atoms with Gasteiger partial charge in [-0.15, -0.1) is 64.9 Å². The van der Waals surface area contributed by atoms with Gasteiger partial charge in [0.25, 0.3) is 0 Å². The smallest absolute Gasteiger partial charge is 0.129 e. The van der Waals surface area contributed by atoms with Gasteiger partial charge in [-0.1, -0.05) is 68.0 Å². The summed E-state index contributed by atoms with van der Waals surface area (Å²) in [5.41, 5.74) is 7.39. The van der Waals surface area contributed by atoms with Crippen LogP contribution in [0.25, 0.3) is 54.5 Å². The predicted octanol–water partition coefficient (Wildman–Crippen LogP) is 11.3. The third-order valence-electron chi connectivity index (χ3n) is 7.50. The van der Waals surface area contributed by atoms with E-state index in [9.17, 15) is 0 Å². The minimum Gasteiger partial charge on any atom is -0.500 e. The fourth-order valence-electron chi connectivity index (χ4n) is 5.16. The zero-order valence-electron chi connectivity index (χ0n) is 31.5. The fourth-order valence-corrected chi connectivity index (χ4v) is 6.08. The monoisotopic (exact) mass is 792 g/mol. The predicted molar refractivity (Wildman–Crippen MR) is 187 cm³/mol. The third-order valence-corrected chi connectivity index (χ3v) is 8.52. The Labute approximate surface area is 291 Å². The van der Waals surface area contributed by atoms with Crippen molar-refractivity contribution in [3.05, 3.63) is 118 Å². The molecule has 4 aromatic heterocycles. The average Bonchev–Trinajstić information content (AvgIpc) is 3.61. The van der Waals surface area contributed by atoms with Gasteiger partial charge in [0, 0.05) is 59.7 Å². The van der Waals surface area contributed by atoms with Crippen LogP contribution < -0.4 is 0 Å². The molecule has 7 rings (SSSR count). The van der Waals surface area contributed by atoms with E-state index in [1.165, 1.54) is 27.8 Å². The topological polar surface area (TPSA) is 38.9 Å². The maximum Gasteiger partial charge on any atom is 0.129 e. The molecule has 3 aromatic carbocycles. The fraction of sp³-hybridized carbons (Fsp3) is 0.250. The summed E-state index contributed by atoms with van der Waals surface area (Å²) >= 11 is 1.71. The molecule has 5 heteroatoms. The molecule has 0 spiro atoms. The normalized spacial score (nSPS) is 13.7. The van der Waals surface area contributed by atoms with Crippen molar-refractivity contribution < 1.29 is 31.4 Å². The minimum atomic E-state index is -2.49. The van der Waals surface area contributed by atoms with Crippen molar-refractivity contribution in [3.63, 3.8) is 0 Å². The number of hydrogen-bond acceptors (Lipinski definition) is 4. The van der Waals surface area contributed by atoms with E-state index in [1.807, 2.05) is 18.3 Å². The molecule has 0 N–H and O–H groups in total. The van der Waals surface area contributed by atoms with E-state index in [0.717, 1.165) is 37.7 Å². The van der Waals surface area contributed by atoms with Gasteiger partial charge in [-0.3, -0.25) is 0 Å². The van der Waals surface area contributed by atoms with Crippen LogP contribution in [0.2, 0.25) is 0 Å². The quantitative estimate of drug-likeness (QED) is 0.167. The van der Waals surface area contributed by atoms with E-state index >= 15 is 0 Å². The number of aromatic nitrogens is 2. The molecule has 231 valence electrons. The van der Waals surface area contributed by atoms with E-state index in [1.54, 1.807) is 44.2 Å². The van der Waals surface area contributed by atoms with Crippen LogP contribution >= 0.6 is 11.3 Å². The van der Waals surface area contributed by atoms with Crippen LogP contribution in [0.3, 0.4) is 0 Å². The molecule has 4 heterocycles. The number of furan rings is 1. The largest absolute Gasteiger partial charge is 0.500 e. The van der Waals surface area contributed by atoms with Crippen LogP contribution in [0.15, 0.2) is 77.5 Å². The van der Waals surface area contributed by atoms with Gasteiger partial charge in [-0.05, 0) is 74.1 Å². The first-order valence-corrected chi connectivity index (χ1v) is 15.5. The SMILES string of the molecule is Cc1c[c-]c(-c2cc(C)c(C)cn2)cc1.[2H]C([2H])([2H])c1cnc(-c2[c-]ccc3c2oc2c4cc(C)sc4ccc32)cc1C([2H])([2H])C(C)(C)C.[Ir]. The zero-order valence-corrected chi connectivity index (χ0v) is 29.7. The summed E-state index contributed by atoms with van der Waals surface area (Å²) in [5.74, 6) is 0. The number of aryl methyl sites for hydroxylation is 5. The molecular weight excluding hydrogens is 749 g/mol. The summed E-state index contributed by atoms with van der Waals surface area (Å²) in [4.78, 5) is 10.1. The van der Waals surface area contributed by atoms with Crippen LogP contribution in [0, 0.1) is 52.1 Å². The van der Waals surface area contributed by atoms with Crippen molar-refractivity contribution in [2.75, 3.05) is 0 Å². The van der Waals surface area contributed by atoms with Crippen LogP contribution in [0.1, 0.15) is 60.3 Å². The number of thiophene rings is 1. The number of fused-ring (bicyclic) bond motifs is 5. The summed E-state index contributed by atoms with van der Waals surface area (Å²) in [6.45, 7) is 11.1. The Morgan fingerprint density at radius 2 is 1.58 bits per heavy atom. The molecule has 0 unspecified atom stereocenters. The van der Waals surface area contributed by atoms with Gasteiger partial charge >= 0.3 is 0 Å². The van der Waals surface area contributed by atoms with Crippen LogP contribution in [0.4, 0.5) is 0 Å². The second-order valence-electron chi connectivity index (χ2n) is 12.3. The molecule has 45 heavy (non-hydrogen) atoms. The van der Waals surface area contributed by atoms with Crippen LogP contribution in [-0.2, 0) is 26.5 Å². The summed E-state index contributed by atoms with van der Waals surface area (Å²) in [7, 11) is 0. The molecule has 0 saturated heterocycles. The number of rotatable bonds is 3. The van der Waals surface area contributed by atoms with E-state index in [0.29, 0.717) is 16.8 Å². The first-order chi connectivity index (χ1) is 23.0. The van der Waals surface area contributed by atoms with Gasteiger partial charge < -0.3 is 14.4 Å². The molecular formula is C40H38IrN2OS-2. The second kappa shape index (κ2) is 13.0. The first-order valence-electron chi connectivity index (χ1n) is 17.1. The van der Waals surface area contributed by atoms with Gasteiger partial charge in [0.15, 0.2) is 0 Å². The Morgan fingerprint density at radius 1 is 0.822 bits per heavy atom. The van der Waals surface area contributed by atoms with Crippen molar-refractivity contribution in [1.82, 2.24) is 9.97 Å². The molecule has 0 fully saturated rings. The Morgan fingerprint density at radius 3 is 2.29 bits per heavy atom. The Balaban J connectivity index is 0.000000255. The van der Waals surface area contributed by atoms with Crippen molar-refractivity contribution in [3.8, 4) is 22.5 Å². The van der Waals surface area contributed by atoms with Gasteiger partial charge in [0.2, 0.25) is 0 Å². The molecule has 7 aromatic rings. The maximum atomic E-state index is 8.80.